The lowest BCUT2D eigenvalue weighted by atomic mass is 9.93. The summed E-state index contributed by atoms with van der Waals surface area (Å²) in [6.07, 6.45) is -4.78. The third-order valence-corrected chi connectivity index (χ3v) is 20.3. The largest absolute Gasteiger partial charge is 0.416 e. The average Bonchev–Trinajstić information content (AvgIpc) is 1.55. The van der Waals surface area contributed by atoms with Crippen molar-refractivity contribution in [2.24, 2.45) is 0 Å². The van der Waals surface area contributed by atoms with Gasteiger partial charge in [-0.1, -0.05) is 176 Å². The summed E-state index contributed by atoms with van der Waals surface area (Å²) in [5.74, 6) is 0. The van der Waals surface area contributed by atoms with Gasteiger partial charge in [0.2, 0.25) is 0 Å². The Kier molecular flexibility index (Phi) is 11.6. The lowest BCUT2D eigenvalue weighted by Gasteiger charge is -2.22. The lowest BCUT2D eigenvalue weighted by molar-refractivity contribution is -0.137. The van der Waals surface area contributed by atoms with Crippen LogP contribution in [0, 0.1) is 22.7 Å². The summed E-state index contributed by atoms with van der Waals surface area (Å²) in [4.78, 5) is 0. The van der Waals surface area contributed by atoms with Crippen molar-refractivity contribution in [3.63, 3.8) is 0 Å². The van der Waals surface area contributed by atoms with E-state index in [9.17, 15) is 10.5 Å². The van der Waals surface area contributed by atoms with Gasteiger partial charge >= 0.3 is 6.18 Å². The van der Waals surface area contributed by atoms with Crippen molar-refractivity contribution in [2.75, 3.05) is 0 Å². The maximum atomic E-state index is 15.3. The molecule has 0 saturated carbocycles. The van der Waals surface area contributed by atoms with Crippen LogP contribution < -0.4 is 0 Å². The molecule has 14 aromatic carbocycles. The minimum Gasteiger partial charge on any atom is -0.309 e. The van der Waals surface area contributed by atoms with Gasteiger partial charge in [0.25, 0.3) is 0 Å². The van der Waals surface area contributed by atoms with Crippen molar-refractivity contribution in [3.05, 3.63) is 314 Å². The molecule has 20 aromatic rings. The number of aromatic nitrogens is 6. The average molecular weight is 1260 g/mol. The third-order valence-electron chi connectivity index (χ3n) is 20.3. The Morgan fingerprint density at radius 3 is 0.745 bits per heavy atom. The fourth-order valence-corrected chi connectivity index (χ4v) is 16.2. The number of rotatable bonds is 7. The van der Waals surface area contributed by atoms with Gasteiger partial charge in [-0.15, -0.1) is 0 Å². The van der Waals surface area contributed by atoms with Gasteiger partial charge in [0, 0.05) is 98.5 Å². The van der Waals surface area contributed by atoms with E-state index in [2.05, 4.69) is 258 Å². The number of hydrogen-bond acceptors (Lipinski definition) is 2. The van der Waals surface area contributed by atoms with Crippen LogP contribution >= 0.6 is 0 Å². The van der Waals surface area contributed by atoms with E-state index in [1.54, 1.807) is 0 Å². The number of alkyl halides is 3. The quantitative estimate of drug-likeness (QED) is 0.159. The molecule has 0 aliphatic rings. The summed E-state index contributed by atoms with van der Waals surface area (Å²) >= 11 is 0. The summed E-state index contributed by atoms with van der Waals surface area (Å²) in [5.41, 5.74) is 15.3. The Labute approximate surface area is 556 Å². The molecule has 6 aromatic heterocycles. The van der Waals surface area contributed by atoms with E-state index in [-0.39, 0.29) is 16.7 Å². The number of halogens is 3. The topological polar surface area (TPSA) is 77.2 Å². The van der Waals surface area contributed by atoms with Crippen molar-refractivity contribution >= 4 is 131 Å². The first-order chi connectivity index (χ1) is 48.2. The van der Waals surface area contributed by atoms with Gasteiger partial charge in [-0.05, 0) is 121 Å². The number of fused-ring (bicyclic) bond motifs is 18. The zero-order chi connectivity index (χ0) is 65.2. The predicted molar refractivity (Wildman–Crippen MR) is 392 cm³/mol. The van der Waals surface area contributed by atoms with Gasteiger partial charge in [0.1, 0.15) is 0 Å². The fraction of sp³-hybridized carbons (Fsp3) is 0.0115. The number of hydrogen-bond donors (Lipinski definition) is 0. The second kappa shape index (κ2) is 20.6. The van der Waals surface area contributed by atoms with E-state index in [1.165, 1.54) is 6.07 Å². The number of benzene rings is 14. The van der Waals surface area contributed by atoms with Crippen LogP contribution in [0.2, 0.25) is 0 Å². The molecule has 0 amide bonds. The molecule has 0 fully saturated rings. The van der Waals surface area contributed by atoms with Crippen molar-refractivity contribution in [1.29, 1.82) is 10.5 Å². The highest BCUT2D eigenvalue weighted by Crippen LogP contribution is 2.48. The van der Waals surface area contributed by atoms with E-state index in [0.717, 1.165) is 166 Å². The van der Waals surface area contributed by atoms with Crippen LogP contribution in [0.5, 0.6) is 0 Å². The molecule has 458 valence electrons. The molecule has 0 saturated heterocycles. The van der Waals surface area contributed by atoms with Gasteiger partial charge in [-0.25, -0.2) is 0 Å². The number of nitrogens with zero attached hydrogens (tertiary/aromatic N) is 8. The summed E-state index contributed by atoms with van der Waals surface area (Å²) in [6.45, 7) is 0. The monoisotopic (exact) mass is 1260 g/mol. The van der Waals surface area contributed by atoms with E-state index < -0.39 is 11.7 Å². The standard InChI is InChI=1S/C87H49F3N8/c88-87(89,90)54-33-38-59(53(45-54)51-92)86-84(97-80-46-55(93-72-25-9-1-17-60(72)61-18-2-10-26-73(61)93)34-39-68(80)69-40-35-56(47-81(69)97)94-74-27-11-3-19-62(74)63-20-4-12-28-75(63)94)43-52(50-91)44-85(86)98-82-48-57(95-76-29-13-5-21-64(76)65-22-6-14-30-77(65)95)36-41-70(82)71-42-37-58(49-83(71)98)96-78-31-15-7-23-66(78)67-24-8-16-32-79(67)96/h1-49H. The van der Waals surface area contributed by atoms with Crippen LogP contribution in [0.4, 0.5) is 13.2 Å². The van der Waals surface area contributed by atoms with Gasteiger partial charge in [-0.3, -0.25) is 0 Å². The summed E-state index contributed by atoms with van der Waals surface area (Å²) in [6, 6.07) is 105. The van der Waals surface area contributed by atoms with Gasteiger partial charge in [-0.2, -0.15) is 23.7 Å². The van der Waals surface area contributed by atoms with Crippen LogP contribution in [0.1, 0.15) is 16.7 Å². The van der Waals surface area contributed by atoms with Crippen molar-refractivity contribution < 1.29 is 13.2 Å². The van der Waals surface area contributed by atoms with Crippen LogP contribution in [0.25, 0.3) is 176 Å². The van der Waals surface area contributed by atoms with Crippen molar-refractivity contribution in [1.82, 2.24) is 27.4 Å². The van der Waals surface area contributed by atoms with Gasteiger partial charge in [0.05, 0.1) is 106 Å². The molecule has 20 rings (SSSR count). The zero-order valence-corrected chi connectivity index (χ0v) is 52.0. The lowest BCUT2D eigenvalue weighted by Crippen LogP contribution is -2.08. The first-order valence-corrected chi connectivity index (χ1v) is 32.5. The highest BCUT2D eigenvalue weighted by atomic mass is 19.4. The Hall–Kier alpha value is -13.4. The minimum absolute atomic E-state index is 0.192. The van der Waals surface area contributed by atoms with E-state index in [4.69, 9.17) is 0 Å². The van der Waals surface area contributed by atoms with E-state index in [0.29, 0.717) is 16.9 Å². The Bertz CT molecular complexity index is 6040. The second-order valence-corrected chi connectivity index (χ2v) is 25.3. The molecule has 0 atom stereocenters. The molecule has 11 heteroatoms. The second-order valence-electron chi connectivity index (χ2n) is 25.3. The normalized spacial score (nSPS) is 12.2. The highest BCUT2D eigenvalue weighted by molar-refractivity contribution is 6.17. The Morgan fingerprint density at radius 2 is 0.500 bits per heavy atom. The molecule has 0 radical (unpaired) electrons. The third kappa shape index (κ3) is 7.81. The highest BCUT2D eigenvalue weighted by Gasteiger charge is 2.33. The summed E-state index contributed by atoms with van der Waals surface area (Å²) in [5, 5.41) is 35.7. The molecule has 0 bridgehead atoms. The van der Waals surface area contributed by atoms with Gasteiger partial charge in [0.15, 0.2) is 0 Å². The summed E-state index contributed by atoms with van der Waals surface area (Å²) in [7, 11) is 0. The molecule has 0 N–H and O–H groups in total. The molecular formula is C87H49F3N8. The fourth-order valence-electron chi connectivity index (χ4n) is 16.2. The van der Waals surface area contributed by atoms with Crippen LogP contribution in [-0.2, 0) is 6.18 Å². The van der Waals surface area contributed by atoms with E-state index >= 15 is 13.2 Å². The van der Waals surface area contributed by atoms with Crippen LogP contribution in [0.3, 0.4) is 0 Å². The Balaban J connectivity index is 0.966. The summed E-state index contributed by atoms with van der Waals surface area (Å²) < 4.78 is 59.3. The van der Waals surface area contributed by atoms with Crippen molar-refractivity contribution in [3.8, 4) is 57.4 Å². The number of nitriles is 2. The zero-order valence-electron chi connectivity index (χ0n) is 52.0. The van der Waals surface area contributed by atoms with Crippen molar-refractivity contribution in [2.45, 2.75) is 6.18 Å². The van der Waals surface area contributed by atoms with Crippen LogP contribution in [0.15, 0.2) is 297 Å². The molecule has 0 unspecified atom stereocenters. The van der Waals surface area contributed by atoms with E-state index in [1.807, 2.05) is 60.7 Å². The maximum absolute atomic E-state index is 15.3. The molecular weight excluding hydrogens is 1210 g/mol. The molecule has 0 aliphatic heterocycles. The minimum atomic E-state index is -4.78. The molecule has 8 nitrogen and oxygen atoms in total. The predicted octanol–water partition coefficient (Wildman–Crippen LogP) is 22.7. The van der Waals surface area contributed by atoms with Crippen LogP contribution in [-0.4, -0.2) is 27.4 Å². The SMILES string of the molecule is N#Cc1cc(-n2c3cc(-n4c5ccccc5c5ccccc54)ccc3c3ccc(-n4c5ccccc5c5ccccc54)cc32)c(-c2ccc(C(F)(F)F)cc2C#N)c(-n2c3cc(-n4c5ccccc5c5ccccc54)ccc3c3ccc(-n4c5ccccc5c5ccccc54)cc32)c1. The first kappa shape index (κ1) is 55.1. The first-order valence-electron chi connectivity index (χ1n) is 32.5. The molecule has 6 heterocycles. The number of para-hydroxylation sites is 8. The smallest absolute Gasteiger partial charge is 0.309 e. The Morgan fingerprint density at radius 1 is 0.245 bits per heavy atom. The maximum Gasteiger partial charge on any atom is 0.416 e. The molecule has 98 heavy (non-hydrogen) atoms. The molecule has 0 aliphatic carbocycles. The molecule has 0 spiro atoms. The van der Waals surface area contributed by atoms with Gasteiger partial charge < -0.3 is 27.4 Å².